The van der Waals surface area contributed by atoms with Crippen LogP contribution in [-0.2, 0) is 11.3 Å². The number of carbonyl (C=O) groups is 1. The van der Waals surface area contributed by atoms with Crippen LogP contribution in [0.1, 0.15) is 56.4 Å². The lowest BCUT2D eigenvalue weighted by atomic mass is 9.95. The molecule has 2 N–H and O–H groups in total. The number of nitrogens with one attached hydrogen (secondary N) is 2. The van der Waals surface area contributed by atoms with Crippen LogP contribution in [0.2, 0.25) is 0 Å². The molecular weight excluding hydrogens is 254 g/mol. The van der Waals surface area contributed by atoms with Crippen LogP contribution in [0.4, 0.5) is 0 Å². The third kappa shape index (κ3) is 4.07. The van der Waals surface area contributed by atoms with E-state index in [2.05, 4.69) is 15.6 Å². The molecule has 1 aromatic rings. The van der Waals surface area contributed by atoms with E-state index in [0.717, 1.165) is 24.3 Å². The minimum absolute atomic E-state index is 0.0666. The van der Waals surface area contributed by atoms with Gasteiger partial charge in [0.2, 0.25) is 11.8 Å². The van der Waals surface area contributed by atoms with Crippen molar-refractivity contribution in [3.05, 3.63) is 17.3 Å². The maximum absolute atomic E-state index is 12.1. The van der Waals surface area contributed by atoms with Crippen molar-refractivity contribution in [1.29, 1.82) is 0 Å². The molecule has 0 aromatic carbocycles. The fourth-order valence-electron chi connectivity index (χ4n) is 2.52. The van der Waals surface area contributed by atoms with Crippen molar-refractivity contribution in [2.75, 3.05) is 0 Å². The van der Waals surface area contributed by atoms with Crippen molar-refractivity contribution in [2.24, 2.45) is 0 Å². The topological polar surface area (TPSA) is 67.2 Å². The van der Waals surface area contributed by atoms with Crippen molar-refractivity contribution in [1.82, 2.24) is 15.6 Å². The zero-order valence-corrected chi connectivity index (χ0v) is 12.7. The van der Waals surface area contributed by atoms with E-state index in [-0.39, 0.29) is 11.9 Å². The van der Waals surface area contributed by atoms with Crippen LogP contribution in [0.5, 0.6) is 0 Å². The highest BCUT2D eigenvalue weighted by molar-refractivity contribution is 5.81. The highest BCUT2D eigenvalue weighted by atomic mass is 16.4. The molecule has 1 atom stereocenters. The molecule has 0 saturated heterocycles. The van der Waals surface area contributed by atoms with E-state index in [1.807, 2.05) is 20.8 Å². The number of nitrogens with zero attached hydrogens (tertiary/aromatic N) is 1. The summed E-state index contributed by atoms with van der Waals surface area (Å²) in [6.07, 6.45) is 5.96. The van der Waals surface area contributed by atoms with Crippen molar-refractivity contribution in [3.8, 4) is 0 Å². The van der Waals surface area contributed by atoms with Gasteiger partial charge >= 0.3 is 0 Å². The Morgan fingerprint density at radius 2 is 2.05 bits per heavy atom. The van der Waals surface area contributed by atoms with Gasteiger partial charge < -0.3 is 9.73 Å². The summed E-state index contributed by atoms with van der Waals surface area (Å²) in [5, 5.41) is 6.28. The number of aryl methyl sites for hydroxylation is 2. The molecule has 0 aliphatic heterocycles. The molecule has 112 valence electrons. The smallest absolute Gasteiger partial charge is 0.237 e. The van der Waals surface area contributed by atoms with Gasteiger partial charge in [-0.25, -0.2) is 4.98 Å². The largest absolute Gasteiger partial charge is 0.444 e. The third-order valence-corrected chi connectivity index (χ3v) is 3.98. The Hall–Kier alpha value is -1.36. The Bertz CT molecular complexity index is 430. The summed E-state index contributed by atoms with van der Waals surface area (Å²) in [7, 11) is 0. The van der Waals surface area contributed by atoms with Crippen LogP contribution >= 0.6 is 0 Å². The molecule has 0 bridgehead atoms. The van der Waals surface area contributed by atoms with Gasteiger partial charge in [-0.2, -0.15) is 0 Å². The van der Waals surface area contributed by atoms with E-state index in [4.69, 9.17) is 4.42 Å². The summed E-state index contributed by atoms with van der Waals surface area (Å²) in [4.78, 5) is 16.4. The summed E-state index contributed by atoms with van der Waals surface area (Å²) in [6, 6.07) is 0.121. The van der Waals surface area contributed by atoms with Crippen molar-refractivity contribution < 1.29 is 9.21 Å². The molecular formula is C15H25N3O2. The molecule has 1 amide bonds. The van der Waals surface area contributed by atoms with E-state index in [0.29, 0.717) is 18.5 Å². The molecule has 1 aromatic heterocycles. The number of carbonyl (C=O) groups excluding carboxylic acids is 1. The molecule has 20 heavy (non-hydrogen) atoms. The Kier molecular flexibility index (Phi) is 5.17. The van der Waals surface area contributed by atoms with E-state index in [9.17, 15) is 4.79 Å². The number of oxazole rings is 1. The van der Waals surface area contributed by atoms with Crippen molar-refractivity contribution >= 4 is 5.91 Å². The highest BCUT2D eigenvalue weighted by Gasteiger charge is 2.19. The predicted molar refractivity (Wildman–Crippen MR) is 77.3 cm³/mol. The van der Waals surface area contributed by atoms with Gasteiger partial charge in [-0.05, 0) is 33.6 Å². The minimum Gasteiger partial charge on any atom is -0.444 e. The van der Waals surface area contributed by atoms with Crippen LogP contribution < -0.4 is 10.6 Å². The first kappa shape index (κ1) is 15.0. The average molecular weight is 279 g/mol. The molecule has 2 rings (SSSR count). The quantitative estimate of drug-likeness (QED) is 0.867. The Morgan fingerprint density at radius 3 is 2.65 bits per heavy atom. The first-order valence-electron chi connectivity index (χ1n) is 7.53. The average Bonchev–Trinajstić information content (AvgIpc) is 2.76. The molecule has 1 unspecified atom stereocenters. The molecule has 0 radical (unpaired) electrons. The molecule has 5 heteroatoms. The molecule has 1 heterocycles. The Morgan fingerprint density at radius 1 is 1.35 bits per heavy atom. The van der Waals surface area contributed by atoms with Gasteiger partial charge in [0.05, 0.1) is 18.3 Å². The van der Waals surface area contributed by atoms with Crippen molar-refractivity contribution in [2.45, 2.75) is 71.5 Å². The van der Waals surface area contributed by atoms with Gasteiger partial charge in [-0.15, -0.1) is 0 Å². The first-order valence-corrected chi connectivity index (χ1v) is 7.53. The van der Waals surface area contributed by atoms with E-state index in [1.165, 1.54) is 19.3 Å². The zero-order chi connectivity index (χ0) is 14.5. The third-order valence-electron chi connectivity index (χ3n) is 3.98. The molecule has 5 nitrogen and oxygen atoms in total. The molecule has 1 aliphatic carbocycles. The van der Waals surface area contributed by atoms with Gasteiger partial charge in [-0.3, -0.25) is 10.1 Å². The fraction of sp³-hybridized carbons (Fsp3) is 0.733. The summed E-state index contributed by atoms with van der Waals surface area (Å²) in [6.45, 7) is 6.17. The van der Waals surface area contributed by atoms with E-state index in [1.54, 1.807) is 0 Å². The minimum atomic E-state index is -0.232. The standard InChI is InChI=1S/C15H25N3O2/c1-10-12(3)20-14(17-10)9-16-11(2)15(19)18-13-7-5-4-6-8-13/h11,13,16H,4-9H2,1-3H3,(H,18,19). The lowest BCUT2D eigenvalue weighted by Gasteiger charge is -2.24. The van der Waals surface area contributed by atoms with Gasteiger partial charge in [0.25, 0.3) is 0 Å². The van der Waals surface area contributed by atoms with Crippen LogP contribution in [0.3, 0.4) is 0 Å². The monoisotopic (exact) mass is 279 g/mol. The fourth-order valence-corrected chi connectivity index (χ4v) is 2.52. The van der Waals surface area contributed by atoms with Crippen LogP contribution in [-0.4, -0.2) is 23.0 Å². The number of rotatable bonds is 5. The number of amides is 1. The van der Waals surface area contributed by atoms with Crippen LogP contribution in [0.15, 0.2) is 4.42 Å². The number of aromatic nitrogens is 1. The maximum Gasteiger partial charge on any atom is 0.237 e. The van der Waals surface area contributed by atoms with Gasteiger partial charge in [0.1, 0.15) is 5.76 Å². The Balaban J connectivity index is 1.75. The SMILES string of the molecule is Cc1nc(CNC(C)C(=O)NC2CCCCC2)oc1C. The van der Waals surface area contributed by atoms with Gasteiger partial charge in [0.15, 0.2) is 0 Å². The highest BCUT2D eigenvalue weighted by Crippen LogP contribution is 2.17. The second kappa shape index (κ2) is 6.88. The van der Waals surface area contributed by atoms with E-state index < -0.39 is 0 Å². The first-order chi connectivity index (χ1) is 9.56. The van der Waals surface area contributed by atoms with Crippen LogP contribution in [0.25, 0.3) is 0 Å². The van der Waals surface area contributed by atoms with Crippen molar-refractivity contribution in [3.63, 3.8) is 0 Å². The maximum atomic E-state index is 12.1. The zero-order valence-electron chi connectivity index (χ0n) is 12.7. The lowest BCUT2D eigenvalue weighted by molar-refractivity contribution is -0.123. The summed E-state index contributed by atoms with van der Waals surface area (Å²) in [5.41, 5.74) is 0.904. The second-order valence-electron chi connectivity index (χ2n) is 5.70. The summed E-state index contributed by atoms with van der Waals surface area (Å²) >= 11 is 0. The lowest BCUT2D eigenvalue weighted by Crippen LogP contribution is -2.46. The van der Waals surface area contributed by atoms with Gasteiger partial charge in [-0.1, -0.05) is 19.3 Å². The summed E-state index contributed by atoms with van der Waals surface area (Å²) in [5.74, 6) is 1.54. The van der Waals surface area contributed by atoms with Gasteiger partial charge in [0, 0.05) is 6.04 Å². The van der Waals surface area contributed by atoms with Crippen LogP contribution in [0, 0.1) is 13.8 Å². The number of hydrogen-bond donors (Lipinski definition) is 2. The molecule has 1 fully saturated rings. The summed E-state index contributed by atoms with van der Waals surface area (Å²) < 4.78 is 5.49. The predicted octanol–water partition coefficient (Wildman–Crippen LogP) is 2.22. The molecule has 1 saturated carbocycles. The Labute approximate surface area is 120 Å². The van der Waals surface area contributed by atoms with E-state index >= 15 is 0 Å². The molecule has 0 spiro atoms. The second-order valence-corrected chi connectivity index (χ2v) is 5.70. The molecule has 1 aliphatic rings. The normalized spacial score (nSPS) is 17.9. The number of hydrogen-bond acceptors (Lipinski definition) is 4.